The number of methoxy groups -OCH3 is 1. The number of likely N-dealkylation sites (N-methyl/N-ethyl adjacent to an activating group) is 1. The number of carbonyl (C=O) groups excluding carboxylic acids is 1. The first-order valence-corrected chi connectivity index (χ1v) is 9.23. The summed E-state index contributed by atoms with van der Waals surface area (Å²) in [5.74, 6) is 0.933. The van der Waals surface area contributed by atoms with E-state index >= 15 is 0 Å². The van der Waals surface area contributed by atoms with Crippen LogP contribution in [0.2, 0.25) is 0 Å². The van der Waals surface area contributed by atoms with Gasteiger partial charge in [-0.1, -0.05) is 18.2 Å². The smallest absolute Gasteiger partial charge is 0.317 e. The predicted octanol–water partition coefficient (Wildman–Crippen LogP) is 0.927. The van der Waals surface area contributed by atoms with E-state index in [2.05, 4.69) is 28.2 Å². The molecule has 8 heteroatoms. The predicted molar refractivity (Wildman–Crippen MR) is 103 cm³/mol. The van der Waals surface area contributed by atoms with Gasteiger partial charge in [0.05, 0.1) is 7.11 Å². The van der Waals surface area contributed by atoms with Crippen LogP contribution in [-0.4, -0.2) is 91.8 Å². The number of hydrogen-bond acceptors (Lipinski definition) is 5. The van der Waals surface area contributed by atoms with Crippen molar-refractivity contribution in [1.82, 2.24) is 20.0 Å². The monoisotopic (exact) mass is 378 g/mol. The minimum absolute atomic E-state index is 0.0900. The normalized spacial score (nSPS) is 20.5. The van der Waals surface area contributed by atoms with Gasteiger partial charge in [-0.25, -0.2) is 4.79 Å². The number of hydrogen-bond donors (Lipinski definition) is 2. The highest BCUT2D eigenvalue weighted by Crippen LogP contribution is 2.20. The number of benzene rings is 1. The van der Waals surface area contributed by atoms with Gasteiger partial charge in [0, 0.05) is 50.9 Å². The molecule has 1 aromatic rings. The molecule has 0 spiro atoms. The van der Waals surface area contributed by atoms with Crippen molar-refractivity contribution in [2.24, 2.45) is 0 Å². The third kappa shape index (κ3) is 6.41. The molecule has 2 saturated heterocycles. The Morgan fingerprint density at radius 1 is 1.26 bits per heavy atom. The summed E-state index contributed by atoms with van der Waals surface area (Å²) in [5.41, 5.74) is 1.20. The number of carboxylic acid groups (broad SMARTS) is 1. The van der Waals surface area contributed by atoms with Gasteiger partial charge in [0.15, 0.2) is 0 Å². The lowest BCUT2D eigenvalue weighted by molar-refractivity contribution is -0.122. The van der Waals surface area contributed by atoms with Crippen molar-refractivity contribution in [2.45, 2.75) is 19.0 Å². The van der Waals surface area contributed by atoms with Crippen LogP contribution in [0.1, 0.15) is 12.0 Å². The molecule has 2 aliphatic rings. The summed E-state index contributed by atoms with van der Waals surface area (Å²) in [5, 5.41) is 10.1. The lowest BCUT2D eigenvalue weighted by atomic mass is 10.1. The van der Waals surface area contributed by atoms with E-state index in [0.717, 1.165) is 58.0 Å². The number of carbonyl (C=O) groups is 2. The van der Waals surface area contributed by atoms with Gasteiger partial charge in [0.1, 0.15) is 5.75 Å². The van der Waals surface area contributed by atoms with Crippen molar-refractivity contribution in [3.05, 3.63) is 29.8 Å². The fraction of sp³-hybridized carbons (Fsp3) is 0.579. The molecule has 0 radical (unpaired) electrons. The quantitative estimate of drug-likeness (QED) is 0.758. The van der Waals surface area contributed by atoms with Gasteiger partial charge >= 0.3 is 6.03 Å². The number of rotatable bonds is 4. The second-order valence-electron chi connectivity index (χ2n) is 6.88. The van der Waals surface area contributed by atoms with Crippen LogP contribution in [0.4, 0.5) is 4.79 Å². The van der Waals surface area contributed by atoms with Crippen molar-refractivity contribution in [3.8, 4) is 5.75 Å². The van der Waals surface area contributed by atoms with Crippen LogP contribution >= 0.6 is 0 Å². The molecule has 2 aliphatic heterocycles. The fourth-order valence-corrected chi connectivity index (χ4v) is 3.50. The molecule has 1 atom stereocenters. The first-order valence-electron chi connectivity index (χ1n) is 9.23. The van der Waals surface area contributed by atoms with E-state index in [0.29, 0.717) is 6.04 Å². The van der Waals surface area contributed by atoms with Gasteiger partial charge in [-0.3, -0.25) is 9.69 Å². The van der Waals surface area contributed by atoms with Gasteiger partial charge < -0.3 is 25.0 Å². The molecule has 0 saturated carbocycles. The highest BCUT2D eigenvalue weighted by Gasteiger charge is 2.26. The van der Waals surface area contributed by atoms with Gasteiger partial charge in [0.2, 0.25) is 0 Å². The van der Waals surface area contributed by atoms with Crippen molar-refractivity contribution in [3.63, 3.8) is 0 Å². The molecule has 1 unspecified atom stereocenters. The molecule has 1 aromatic carbocycles. The average Bonchev–Trinajstić information content (AvgIpc) is 3.08. The maximum atomic E-state index is 12.4. The molecule has 2 fully saturated rings. The van der Waals surface area contributed by atoms with Crippen molar-refractivity contribution in [1.29, 1.82) is 0 Å². The molecule has 2 N–H and O–H groups in total. The first kappa shape index (κ1) is 21.0. The van der Waals surface area contributed by atoms with Gasteiger partial charge in [0.25, 0.3) is 6.47 Å². The standard InChI is InChI=1S/C18H28N4O2.CH2O2/c1-20-8-7-16(14-20)19-18(23)22-11-9-21(10-12-22)13-15-5-3-4-6-17(15)24-2;2-1-3/h3-6,16H,7-14H2,1-2H3,(H,19,23);1H,(H,2,3). The van der Waals surface area contributed by atoms with E-state index in [1.165, 1.54) is 5.56 Å². The van der Waals surface area contributed by atoms with E-state index in [9.17, 15) is 4.79 Å². The van der Waals surface area contributed by atoms with E-state index in [1.54, 1.807) is 7.11 Å². The van der Waals surface area contributed by atoms with Gasteiger partial charge in [-0.05, 0) is 26.1 Å². The van der Waals surface area contributed by atoms with Crippen LogP contribution in [0.3, 0.4) is 0 Å². The van der Waals surface area contributed by atoms with Crippen LogP contribution in [0.25, 0.3) is 0 Å². The van der Waals surface area contributed by atoms with Crippen LogP contribution in [0, 0.1) is 0 Å². The van der Waals surface area contributed by atoms with Crippen molar-refractivity contribution < 1.29 is 19.4 Å². The maximum absolute atomic E-state index is 12.4. The van der Waals surface area contributed by atoms with Crippen LogP contribution in [0.5, 0.6) is 5.75 Å². The Labute approximate surface area is 160 Å². The minimum Gasteiger partial charge on any atom is -0.496 e. The second-order valence-corrected chi connectivity index (χ2v) is 6.88. The van der Waals surface area contributed by atoms with Crippen LogP contribution < -0.4 is 10.1 Å². The number of ether oxygens (including phenoxy) is 1. The zero-order valence-corrected chi connectivity index (χ0v) is 16.1. The maximum Gasteiger partial charge on any atom is 0.317 e. The number of piperazine rings is 1. The number of nitrogens with one attached hydrogen (secondary N) is 1. The van der Waals surface area contributed by atoms with E-state index < -0.39 is 0 Å². The molecule has 2 heterocycles. The Kier molecular flexibility index (Phi) is 8.35. The molecule has 150 valence electrons. The third-order valence-corrected chi connectivity index (χ3v) is 4.96. The second kappa shape index (κ2) is 10.7. The topological polar surface area (TPSA) is 85.4 Å². The molecule has 27 heavy (non-hydrogen) atoms. The summed E-state index contributed by atoms with van der Waals surface area (Å²) in [6.45, 7) is 6.00. The summed E-state index contributed by atoms with van der Waals surface area (Å²) >= 11 is 0. The van der Waals surface area contributed by atoms with E-state index in [4.69, 9.17) is 14.6 Å². The van der Waals surface area contributed by atoms with E-state index in [1.807, 2.05) is 23.1 Å². The molecule has 8 nitrogen and oxygen atoms in total. The van der Waals surface area contributed by atoms with Crippen LogP contribution in [-0.2, 0) is 11.3 Å². The average molecular weight is 378 g/mol. The molecule has 0 aromatic heterocycles. The molecule has 0 aliphatic carbocycles. The van der Waals surface area contributed by atoms with E-state index in [-0.39, 0.29) is 12.5 Å². The lowest BCUT2D eigenvalue weighted by Gasteiger charge is -2.35. The first-order chi connectivity index (χ1) is 13.1. The highest BCUT2D eigenvalue weighted by molar-refractivity contribution is 5.74. The zero-order chi connectivity index (χ0) is 19.6. The number of nitrogens with zero attached hydrogens (tertiary/aromatic N) is 3. The Balaban J connectivity index is 0.000000817. The highest BCUT2D eigenvalue weighted by atomic mass is 16.5. The lowest BCUT2D eigenvalue weighted by Crippen LogP contribution is -2.53. The molecular weight excluding hydrogens is 348 g/mol. The summed E-state index contributed by atoms with van der Waals surface area (Å²) in [6, 6.07) is 8.53. The summed E-state index contributed by atoms with van der Waals surface area (Å²) in [6.07, 6.45) is 1.05. The SMILES string of the molecule is COc1ccccc1CN1CCN(C(=O)NC2CCN(C)C2)CC1.O=CO. The summed E-state index contributed by atoms with van der Waals surface area (Å²) < 4.78 is 5.42. The zero-order valence-electron chi connectivity index (χ0n) is 16.1. The summed E-state index contributed by atoms with van der Waals surface area (Å²) in [4.78, 5) is 27.3. The number of likely N-dealkylation sites (tertiary alicyclic amines) is 1. The van der Waals surface area contributed by atoms with Crippen molar-refractivity contribution >= 4 is 12.5 Å². The minimum atomic E-state index is -0.250. The molecule has 3 rings (SSSR count). The van der Waals surface area contributed by atoms with Gasteiger partial charge in [-0.2, -0.15) is 0 Å². The van der Waals surface area contributed by atoms with Crippen molar-refractivity contribution in [2.75, 3.05) is 53.4 Å². The Morgan fingerprint density at radius 2 is 1.93 bits per heavy atom. The Morgan fingerprint density at radius 3 is 2.52 bits per heavy atom. The Bertz CT molecular complexity index is 605. The number of para-hydroxylation sites is 1. The van der Waals surface area contributed by atoms with Gasteiger partial charge in [-0.15, -0.1) is 0 Å². The number of urea groups is 1. The molecular formula is C19H30N4O4. The van der Waals surface area contributed by atoms with Crippen LogP contribution in [0.15, 0.2) is 24.3 Å². The molecule has 2 amide bonds. The Hall–Kier alpha value is -2.32. The largest absolute Gasteiger partial charge is 0.496 e. The number of amides is 2. The fourth-order valence-electron chi connectivity index (χ4n) is 3.50. The molecule has 0 bridgehead atoms. The third-order valence-electron chi connectivity index (χ3n) is 4.96. The summed E-state index contributed by atoms with van der Waals surface area (Å²) in [7, 11) is 3.81.